The maximum atomic E-state index is 5.55. The molecular weight excluding hydrogens is 342 g/mol. The van der Waals surface area contributed by atoms with E-state index < -0.39 is 0 Å². The third kappa shape index (κ3) is 3.45. The van der Waals surface area contributed by atoms with Crippen molar-refractivity contribution in [2.45, 2.75) is 13.8 Å². The van der Waals surface area contributed by atoms with Gasteiger partial charge in [0, 0.05) is 10.9 Å². The molecule has 3 aromatic rings. The zero-order valence-electron chi connectivity index (χ0n) is 15.2. The van der Waals surface area contributed by atoms with Crippen LogP contribution >= 0.6 is 11.3 Å². The molecule has 4 nitrogen and oxygen atoms in total. The average molecular weight is 366 g/mol. The summed E-state index contributed by atoms with van der Waals surface area (Å²) in [7, 11) is 0. The summed E-state index contributed by atoms with van der Waals surface area (Å²) in [5.74, 6) is 0. The minimum absolute atomic E-state index is 0.750. The van der Waals surface area contributed by atoms with Gasteiger partial charge in [-0.2, -0.15) is 0 Å². The molecule has 1 aliphatic rings. The summed E-state index contributed by atoms with van der Waals surface area (Å²) in [6, 6.07) is 16.9. The van der Waals surface area contributed by atoms with Crippen molar-refractivity contribution in [1.82, 2.24) is 4.68 Å². The van der Waals surface area contributed by atoms with E-state index in [2.05, 4.69) is 77.4 Å². The Morgan fingerprint density at radius 3 is 2.54 bits per heavy atom. The fourth-order valence-corrected chi connectivity index (χ4v) is 4.07. The van der Waals surface area contributed by atoms with Gasteiger partial charge in [0.25, 0.3) is 0 Å². The first-order valence-electron chi connectivity index (χ1n) is 8.93. The quantitative estimate of drug-likeness (QED) is 0.701. The SMILES string of the molecule is Cc1ccc(C)c(N=c2scc(-c3ccccc3)n2N2CCOCC2)c1. The monoisotopic (exact) mass is 365 g/mol. The summed E-state index contributed by atoms with van der Waals surface area (Å²) in [5.41, 5.74) is 5.85. The standard InChI is InChI=1S/C21H23N3OS/c1-16-8-9-17(2)19(14-16)22-21-24(23-10-12-25-13-11-23)20(15-26-21)18-6-4-3-5-7-18/h3-9,14-15H,10-13H2,1-2H3. The number of nitrogens with zero attached hydrogens (tertiary/aromatic N) is 3. The maximum absolute atomic E-state index is 5.55. The van der Waals surface area contributed by atoms with Gasteiger partial charge in [-0.3, -0.25) is 0 Å². The predicted molar refractivity (Wildman–Crippen MR) is 108 cm³/mol. The van der Waals surface area contributed by atoms with E-state index in [1.165, 1.54) is 22.4 Å². The van der Waals surface area contributed by atoms with Crippen LogP contribution in [0.25, 0.3) is 11.3 Å². The third-order valence-corrected chi connectivity index (χ3v) is 5.42. The van der Waals surface area contributed by atoms with Gasteiger partial charge < -0.3 is 9.75 Å². The van der Waals surface area contributed by atoms with E-state index in [4.69, 9.17) is 9.73 Å². The van der Waals surface area contributed by atoms with Crippen LogP contribution in [-0.2, 0) is 4.74 Å². The molecule has 0 unspecified atom stereocenters. The first-order chi connectivity index (χ1) is 12.7. The van der Waals surface area contributed by atoms with Gasteiger partial charge in [0.1, 0.15) is 0 Å². The Labute approximate surface area is 158 Å². The number of morpholine rings is 1. The first kappa shape index (κ1) is 17.1. The highest BCUT2D eigenvalue weighted by molar-refractivity contribution is 7.07. The molecule has 4 rings (SSSR count). The number of aryl methyl sites for hydroxylation is 2. The molecule has 0 bridgehead atoms. The molecule has 2 heterocycles. The van der Waals surface area contributed by atoms with E-state index >= 15 is 0 Å². The molecule has 0 atom stereocenters. The molecule has 1 fully saturated rings. The Hall–Kier alpha value is -2.37. The van der Waals surface area contributed by atoms with E-state index in [0.29, 0.717) is 0 Å². The molecular formula is C21H23N3OS. The second kappa shape index (κ2) is 7.48. The van der Waals surface area contributed by atoms with E-state index in [1.807, 2.05) is 0 Å². The van der Waals surface area contributed by atoms with Crippen LogP contribution in [0.1, 0.15) is 11.1 Å². The Balaban J connectivity index is 1.88. The molecule has 134 valence electrons. The van der Waals surface area contributed by atoms with Crippen LogP contribution in [0.2, 0.25) is 0 Å². The molecule has 26 heavy (non-hydrogen) atoms. The lowest BCUT2D eigenvalue weighted by molar-refractivity contribution is 0.111. The van der Waals surface area contributed by atoms with E-state index in [9.17, 15) is 0 Å². The summed E-state index contributed by atoms with van der Waals surface area (Å²) in [5, 5.41) is 4.54. The fraction of sp³-hybridized carbons (Fsp3) is 0.286. The number of thiazole rings is 1. The van der Waals surface area contributed by atoms with Crippen molar-refractivity contribution in [3.05, 3.63) is 69.8 Å². The van der Waals surface area contributed by atoms with Gasteiger partial charge in [-0.1, -0.05) is 42.5 Å². The molecule has 0 radical (unpaired) electrons. The number of benzene rings is 2. The average Bonchev–Trinajstić information content (AvgIpc) is 3.10. The zero-order valence-corrected chi connectivity index (χ0v) is 16.0. The van der Waals surface area contributed by atoms with Crippen LogP contribution in [-0.4, -0.2) is 31.0 Å². The molecule has 1 saturated heterocycles. The Bertz CT molecular complexity index is 953. The van der Waals surface area contributed by atoms with Crippen molar-refractivity contribution < 1.29 is 4.74 Å². The Morgan fingerprint density at radius 1 is 1.00 bits per heavy atom. The highest BCUT2D eigenvalue weighted by atomic mass is 32.1. The summed E-state index contributed by atoms with van der Waals surface area (Å²) >= 11 is 1.69. The summed E-state index contributed by atoms with van der Waals surface area (Å²) in [6.45, 7) is 7.47. The largest absolute Gasteiger partial charge is 0.378 e. The minimum atomic E-state index is 0.750. The first-order valence-corrected chi connectivity index (χ1v) is 9.81. The topological polar surface area (TPSA) is 29.8 Å². The smallest absolute Gasteiger partial charge is 0.209 e. The maximum Gasteiger partial charge on any atom is 0.209 e. The Morgan fingerprint density at radius 2 is 1.77 bits per heavy atom. The zero-order chi connectivity index (χ0) is 17.9. The molecule has 0 aliphatic carbocycles. The van der Waals surface area contributed by atoms with E-state index in [1.54, 1.807) is 11.3 Å². The molecule has 2 aromatic carbocycles. The molecule has 0 N–H and O–H groups in total. The summed E-state index contributed by atoms with van der Waals surface area (Å²) < 4.78 is 7.82. The minimum Gasteiger partial charge on any atom is -0.378 e. The molecule has 5 heteroatoms. The lowest BCUT2D eigenvalue weighted by Gasteiger charge is -2.31. The van der Waals surface area contributed by atoms with E-state index in [-0.39, 0.29) is 0 Å². The Kier molecular flexibility index (Phi) is 4.91. The highest BCUT2D eigenvalue weighted by Crippen LogP contribution is 2.23. The van der Waals surface area contributed by atoms with Gasteiger partial charge in [-0.15, -0.1) is 11.3 Å². The fourth-order valence-electron chi connectivity index (χ4n) is 3.15. The lowest BCUT2D eigenvalue weighted by atomic mass is 10.1. The molecule has 0 spiro atoms. The van der Waals surface area contributed by atoms with Crippen molar-refractivity contribution in [3.8, 4) is 11.3 Å². The molecule has 0 saturated carbocycles. The second-order valence-electron chi connectivity index (χ2n) is 6.55. The van der Waals surface area contributed by atoms with Gasteiger partial charge >= 0.3 is 0 Å². The molecule has 0 amide bonds. The van der Waals surface area contributed by atoms with Crippen LogP contribution in [0.5, 0.6) is 0 Å². The van der Waals surface area contributed by atoms with Gasteiger partial charge in [0.2, 0.25) is 4.80 Å². The second-order valence-corrected chi connectivity index (χ2v) is 7.39. The number of hydrogen-bond acceptors (Lipinski definition) is 4. The van der Waals surface area contributed by atoms with Crippen LogP contribution in [0.15, 0.2) is 58.9 Å². The lowest BCUT2D eigenvalue weighted by Crippen LogP contribution is -2.48. The number of aromatic nitrogens is 1. The number of ether oxygens (including phenoxy) is 1. The van der Waals surface area contributed by atoms with Crippen LogP contribution < -0.4 is 9.81 Å². The van der Waals surface area contributed by atoms with Gasteiger partial charge in [0.05, 0.1) is 37.7 Å². The number of hydrogen-bond donors (Lipinski definition) is 0. The predicted octanol–water partition coefficient (Wildman–Crippen LogP) is 4.03. The van der Waals surface area contributed by atoms with Crippen LogP contribution in [0.4, 0.5) is 5.69 Å². The van der Waals surface area contributed by atoms with Crippen molar-refractivity contribution >= 4 is 17.0 Å². The van der Waals surface area contributed by atoms with Crippen molar-refractivity contribution in [2.75, 3.05) is 31.3 Å². The van der Waals surface area contributed by atoms with Gasteiger partial charge in [-0.25, -0.2) is 9.67 Å². The summed E-state index contributed by atoms with van der Waals surface area (Å²) in [4.78, 5) is 6.02. The molecule has 1 aromatic heterocycles. The normalized spacial score (nSPS) is 15.5. The van der Waals surface area contributed by atoms with E-state index in [0.717, 1.165) is 36.8 Å². The summed E-state index contributed by atoms with van der Waals surface area (Å²) in [6.07, 6.45) is 0. The van der Waals surface area contributed by atoms with Crippen LogP contribution in [0.3, 0.4) is 0 Å². The highest BCUT2D eigenvalue weighted by Gasteiger charge is 2.17. The molecule has 1 aliphatic heterocycles. The van der Waals surface area contributed by atoms with Crippen molar-refractivity contribution in [2.24, 2.45) is 4.99 Å². The van der Waals surface area contributed by atoms with Crippen molar-refractivity contribution in [1.29, 1.82) is 0 Å². The van der Waals surface area contributed by atoms with Gasteiger partial charge in [-0.05, 0) is 31.0 Å². The van der Waals surface area contributed by atoms with Gasteiger partial charge in [0.15, 0.2) is 0 Å². The third-order valence-electron chi connectivity index (χ3n) is 4.61. The van der Waals surface area contributed by atoms with Crippen molar-refractivity contribution in [3.63, 3.8) is 0 Å². The number of rotatable bonds is 3. The van der Waals surface area contributed by atoms with Crippen LogP contribution in [0, 0.1) is 13.8 Å².